The molecule has 12 aromatic rings. The molecule has 0 radical (unpaired) electrons. The maximum atomic E-state index is 14.2. The van der Waals surface area contributed by atoms with Gasteiger partial charge in [-0.15, -0.1) is 27.6 Å². The van der Waals surface area contributed by atoms with E-state index in [1.54, 1.807) is 26.2 Å². The van der Waals surface area contributed by atoms with E-state index in [1.807, 2.05) is 151 Å². The molecule has 29 heteroatoms. The zero-order chi connectivity index (χ0) is 91.1. The van der Waals surface area contributed by atoms with E-state index in [9.17, 15) is 24.0 Å². The van der Waals surface area contributed by atoms with Gasteiger partial charge in [0.1, 0.15) is 39.4 Å². The topological polar surface area (TPSA) is 235 Å². The normalized spacial score (nSPS) is 13.8. The van der Waals surface area contributed by atoms with Gasteiger partial charge >= 0.3 is 29.6 Å². The fourth-order valence-electron chi connectivity index (χ4n) is 14.7. The van der Waals surface area contributed by atoms with Crippen molar-refractivity contribution in [2.75, 3.05) is 79.1 Å². The van der Waals surface area contributed by atoms with Gasteiger partial charge < -0.3 is 68.2 Å². The van der Waals surface area contributed by atoms with Crippen molar-refractivity contribution in [2.45, 2.75) is 172 Å². The van der Waals surface area contributed by atoms with Crippen LogP contribution in [0.1, 0.15) is 155 Å². The molecule has 0 unspecified atom stereocenters. The smallest absolute Gasteiger partial charge is 0.495 e. The quantitative estimate of drug-likeness (QED) is 0.0155. The molecule has 21 nitrogen and oxygen atoms in total. The van der Waals surface area contributed by atoms with Gasteiger partial charge in [-0.3, -0.25) is 24.0 Å². The van der Waals surface area contributed by atoms with Crippen molar-refractivity contribution in [1.29, 1.82) is 0 Å². The largest absolute Gasteiger partial charge is 1.00 e. The Morgan fingerprint density at radius 2 is 0.880 bits per heavy atom. The van der Waals surface area contributed by atoms with Gasteiger partial charge in [-0.2, -0.15) is 23.8 Å². The minimum absolute atomic E-state index is 0. The minimum Gasteiger partial charge on any atom is -0.495 e. The van der Waals surface area contributed by atoms with E-state index in [-0.39, 0.29) is 146 Å². The number of nitrogens with zero attached hydrogens (tertiary/aromatic N) is 6. The summed E-state index contributed by atoms with van der Waals surface area (Å²) in [6.45, 7) is 24.0. The average Bonchev–Trinajstić information content (AvgIpc) is 1.63. The van der Waals surface area contributed by atoms with Crippen molar-refractivity contribution in [1.82, 2.24) is 23.7 Å². The Balaban J connectivity index is 0.000000198. The number of aromatic nitrogens is 5. The number of hydrogen-bond donors (Lipinski definition) is 5. The Morgan fingerprint density at radius 1 is 0.489 bits per heavy atom. The van der Waals surface area contributed by atoms with Crippen LogP contribution >= 0.6 is 71.0 Å². The molecule has 5 amide bonds. The van der Waals surface area contributed by atoms with Crippen LogP contribution in [-0.4, -0.2) is 117 Å². The molecule has 700 valence electrons. The number of ether oxygens (including phenoxy) is 3. The number of amides is 5. The molecule has 0 saturated heterocycles. The van der Waals surface area contributed by atoms with Crippen LogP contribution in [0, 0.1) is 29.7 Å². The summed E-state index contributed by atoms with van der Waals surface area (Å²) in [4.78, 5) is 73.6. The maximum Gasteiger partial charge on any atom is 1.00 e. The first-order chi connectivity index (χ1) is 61.2. The van der Waals surface area contributed by atoms with Crippen molar-refractivity contribution in [3.63, 3.8) is 0 Å². The van der Waals surface area contributed by atoms with Gasteiger partial charge in [0.15, 0.2) is 16.6 Å². The number of carbonyl (C=O) groups excluding carboxylic acids is 5. The third-order valence-corrected chi connectivity index (χ3v) is 35.5. The summed E-state index contributed by atoms with van der Waals surface area (Å²) in [5.74, 6) is 2.60. The van der Waals surface area contributed by atoms with E-state index in [0.29, 0.717) is 30.3 Å². The first-order valence-electron chi connectivity index (χ1n) is 43.3. The van der Waals surface area contributed by atoms with Crippen LogP contribution in [0.15, 0.2) is 202 Å². The van der Waals surface area contributed by atoms with Gasteiger partial charge in [-0.1, -0.05) is 185 Å². The molecule has 0 bridgehead atoms. The van der Waals surface area contributed by atoms with Crippen LogP contribution in [0.5, 0.6) is 17.2 Å². The van der Waals surface area contributed by atoms with Gasteiger partial charge in [0.25, 0.3) is 5.91 Å². The predicted octanol–water partition coefficient (Wildman–Crippen LogP) is 24.7. The summed E-state index contributed by atoms with van der Waals surface area (Å²) in [5.41, 5.74) is 15.1. The number of methoxy groups -OCH3 is 3. The van der Waals surface area contributed by atoms with Crippen LogP contribution < -0.4 is 75.3 Å². The standard InChI is InChI=1S/C32H37Cl2N5O4Si.C27H37N3O3Si.C19H17BrN2O2.C13H12BrNO.C9H6Br.4CH4.Na/c1-32(2,3)44(5,6)43-16-15-38(31(41)26-28(33)35-19-36-29(26)34)22-17-21-13-14-39(24-9-7-8-10-25(24)42-4)27(21)23(18-22)37-30(40)20-11-12-20;1-27(2,3)34(5,6)33-16-14-28-21-17-20-13-15-30(23-9-7-8-10-24(23)32-4)25(20)22(18-21)29-26(31)19-11-12-19;1-24-17-5-3-2-4-16(17)22-9-8-13-10-14(20)11-15(18(13)22)21-19(23)12-6-7-12;14-10-6-9-2-1-3-11(9)12(7-10)15-13(16)8-4-5-8;10-9-5-4-7-2-1-3-8(7)6-9;;;;;/h7-10,13-14,17-20H,11-12,15-16H2,1-6H3,(H,37,40);7-10,13,15,17-19,28H,11-12,14,16H2,1-6H3,(H,29,31);2-5,8-12H,6-7H2,1H3,(H,21,23);1-2,6-8H,3-5H2,(H,15,16);1,3,5-6H,2H2;4*1H4;/q;;;;-1;;;;;+1. The zero-order valence-corrected chi connectivity index (χ0v) is 85.7. The maximum absolute atomic E-state index is 14.2. The molecule has 0 aliphatic heterocycles. The molecule has 4 heterocycles. The number of carbonyl (C=O) groups is 5. The summed E-state index contributed by atoms with van der Waals surface area (Å²) < 4.78 is 38.7. The van der Waals surface area contributed by atoms with Crippen LogP contribution in [0.25, 0.3) is 61.9 Å². The monoisotopic (exact) mass is 2070 g/mol. The Hall–Kier alpha value is -9.14. The summed E-state index contributed by atoms with van der Waals surface area (Å²) in [5, 5.41) is 19.0. The summed E-state index contributed by atoms with van der Waals surface area (Å²) in [6, 6.07) is 52.8. The van der Waals surface area contributed by atoms with Crippen LogP contribution in [0.3, 0.4) is 0 Å². The number of rotatable bonds is 25. The number of anilines is 6. The van der Waals surface area contributed by atoms with Gasteiger partial charge in [0.2, 0.25) is 23.6 Å². The second kappa shape index (κ2) is 46.6. The second-order valence-corrected chi connectivity index (χ2v) is 48.9. The van der Waals surface area contributed by atoms with E-state index < -0.39 is 22.5 Å². The Labute approximate surface area is 844 Å². The molecule has 4 aromatic heterocycles. The minimum atomic E-state index is -2.12. The molecule has 0 spiro atoms. The van der Waals surface area contributed by atoms with Crippen molar-refractivity contribution < 1.29 is 76.6 Å². The number of allylic oxidation sites excluding steroid dienone is 2. The SMILES string of the molecule is Brc1c[c-]c2c(c1)C=CC2.C.C.C.C.COc1ccccc1-n1ccc2cc(Br)cc(NC(=O)C3CC3)c21.COc1ccccc1-n1ccc2cc(N(CCO[Si](C)(C)C(C)(C)C)C(=O)c3c(Cl)ncnc3Cl)cc(NC(=O)C3CC3)c21.COc1ccccc1-n1ccc2cc(NCCO[Si](C)(C)C(C)(C)C)cc(NC(=O)C3CC3)c21.O=C(Nc1cc(Br)cc2c1CC=C2)C1CC1.[Na+]. The van der Waals surface area contributed by atoms with E-state index >= 15 is 0 Å². The van der Waals surface area contributed by atoms with E-state index in [1.165, 1.54) is 28.6 Å². The van der Waals surface area contributed by atoms with Crippen molar-refractivity contribution in [3.05, 3.63) is 246 Å². The van der Waals surface area contributed by atoms with E-state index in [0.717, 1.165) is 162 Å². The molecule has 6 aliphatic rings. The predicted molar refractivity (Wildman–Crippen MR) is 561 cm³/mol. The molecule has 6 aliphatic carbocycles. The Kier molecular flexibility index (Phi) is 37.7. The third kappa shape index (κ3) is 26.4. The molecule has 18 rings (SSSR count). The number of halogens is 5. The Morgan fingerprint density at radius 3 is 1.34 bits per heavy atom. The van der Waals surface area contributed by atoms with Crippen LogP contribution in [0.4, 0.5) is 34.1 Å². The van der Waals surface area contributed by atoms with Crippen LogP contribution in [0.2, 0.25) is 46.6 Å². The summed E-state index contributed by atoms with van der Waals surface area (Å²) >= 11 is 23.2. The number of para-hydroxylation sites is 6. The van der Waals surface area contributed by atoms with Crippen molar-refractivity contribution in [2.24, 2.45) is 23.7 Å². The summed E-state index contributed by atoms with van der Waals surface area (Å²) in [7, 11) is 1.06. The van der Waals surface area contributed by atoms with E-state index in [4.69, 9.17) is 46.3 Å². The van der Waals surface area contributed by atoms with Crippen molar-refractivity contribution >= 4 is 196 Å². The molecule has 5 N–H and O–H groups in total. The van der Waals surface area contributed by atoms with Gasteiger partial charge in [-0.05, 0) is 215 Å². The second-order valence-electron chi connectivity index (χ2n) is 35.8. The molecular formula is C104H125Br3Cl2N11NaO10Si2. The van der Waals surface area contributed by atoms with Gasteiger partial charge in [-0.25, -0.2) is 9.97 Å². The molecule has 133 heavy (non-hydrogen) atoms. The molecular weight excluding hydrogens is 1950 g/mol. The van der Waals surface area contributed by atoms with Gasteiger partial charge in [0.05, 0.1) is 85.2 Å². The fraction of sp³-hybridized carbons (Fsp3) is 0.356. The van der Waals surface area contributed by atoms with Crippen molar-refractivity contribution in [3.8, 4) is 34.3 Å². The molecule has 0 atom stereocenters. The summed E-state index contributed by atoms with van der Waals surface area (Å²) in [6.07, 6.45) is 25.3. The first kappa shape index (κ1) is 108. The molecule has 8 aromatic carbocycles. The third-order valence-electron chi connectivity index (χ3n) is 24.5. The fourth-order valence-corrected chi connectivity index (χ4v) is 18.5. The molecule has 4 saturated carbocycles. The number of fused-ring (bicyclic) bond motifs is 5. The first-order valence-corrected chi connectivity index (χ1v) is 52.2. The van der Waals surface area contributed by atoms with Crippen LogP contribution in [-0.2, 0) is 40.9 Å². The number of nitrogens with one attached hydrogen (secondary N) is 5. The zero-order valence-electron chi connectivity index (χ0n) is 75.4. The number of hydrogen-bond acceptors (Lipinski definition) is 13. The number of benzene rings is 8. The Bertz CT molecular complexity index is 6210. The molecule has 4 fully saturated rings. The van der Waals surface area contributed by atoms with Gasteiger partial charge in [0, 0.05) is 97.5 Å². The average molecular weight is 2080 g/mol. The van der Waals surface area contributed by atoms with E-state index in [2.05, 4.69) is 216 Å².